The minimum atomic E-state index is -0.325. The predicted octanol–water partition coefficient (Wildman–Crippen LogP) is 3.24. The highest BCUT2D eigenvalue weighted by atomic mass is 16.5. The second kappa shape index (κ2) is 8.43. The van der Waals surface area contributed by atoms with Gasteiger partial charge in [0.1, 0.15) is 24.0 Å². The van der Waals surface area contributed by atoms with E-state index in [1.165, 1.54) is 17.1 Å². The van der Waals surface area contributed by atoms with Gasteiger partial charge in [0, 0.05) is 5.69 Å². The number of aromatic nitrogens is 4. The molecule has 1 amide bonds. The van der Waals surface area contributed by atoms with Crippen molar-refractivity contribution in [3.8, 4) is 11.4 Å². The molecule has 2 aromatic carbocycles. The van der Waals surface area contributed by atoms with E-state index in [9.17, 15) is 9.59 Å². The lowest BCUT2D eigenvalue weighted by molar-refractivity contribution is -0.116. The summed E-state index contributed by atoms with van der Waals surface area (Å²) in [7, 11) is 0. The van der Waals surface area contributed by atoms with Gasteiger partial charge >= 0.3 is 0 Å². The summed E-state index contributed by atoms with van der Waals surface area (Å²) in [5.41, 5.74) is 3.80. The number of fused-ring (bicyclic) bond motifs is 1. The number of aryl methyl sites for hydroxylation is 2. The van der Waals surface area contributed by atoms with Crippen molar-refractivity contribution in [1.82, 2.24) is 19.3 Å². The highest BCUT2D eigenvalue weighted by molar-refractivity contribution is 5.90. The molecule has 0 saturated heterocycles. The van der Waals surface area contributed by atoms with Crippen LogP contribution in [0.15, 0.2) is 59.8 Å². The molecule has 4 rings (SSSR count). The van der Waals surface area contributed by atoms with E-state index in [0.717, 1.165) is 22.6 Å². The fraction of sp³-hybridized carbons (Fsp3) is 0.217. The van der Waals surface area contributed by atoms with Crippen molar-refractivity contribution < 1.29 is 9.53 Å². The number of nitrogens with zero attached hydrogens (tertiary/aromatic N) is 4. The van der Waals surface area contributed by atoms with E-state index in [4.69, 9.17) is 4.74 Å². The second-order valence-corrected chi connectivity index (χ2v) is 7.27. The lowest BCUT2D eigenvalue weighted by Crippen LogP contribution is -2.27. The van der Waals surface area contributed by atoms with Gasteiger partial charge in [-0.2, -0.15) is 5.10 Å². The summed E-state index contributed by atoms with van der Waals surface area (Å²) < 4.78 is 8.32. The fourth-order valence-corrected chi connectivity index (χ4v) is 3.44. The molecule has 31 heavy (non-hydrogen) atoms. The number of nitrogens with one attached hydrogen (secondary N) is 1. The number of hydrogen-bond acceptors (Lipinski definition) is 5. The normalized spacial score (nSPS) is 10.9. The number of anilines is 1. The van der Waals surface area contributed by atoms with Crippen LogP contribution < -0.4 is 15.6 Å². The van der Waals surface area contributed by atoms with Gasteiger partial charge in [-0.1, -0.05) is 17.7 Å². The fourth-order valence-electron chi connectivity index (χ4n) is 3.44. The molecule has 1 N–H and O–H groups in total. The van der Waals surface area contributed by atoms with Crippen LogP contribution in [0.1, 0.15) is 18.1 Å². The Bertz CT molecular complexity index is 1310. The summed E-state index contributed by atoms with van der Waals surface area (Å²) in [5.74, 6) is 0.404. The first kappa shape index (κ1) is 20.3. The average Bonchev–Trinajstić information content (AvgIpc) is 3.16. The maximum Gasteiger partial charge on any atom is 0.264 e. The molecule has 0 unspecified atom stereocenters. The van der Waals surface area contributed by atoms with E-state index in [1.807, 2.05) is 32.9 Å². The molecule has 0 bridgehead atoms. The summed E-state index contributed by atoms with van der Waals surface area (Å²) in [4.78, 5) is 29.7. The van der Waals surface area contributed by atoms with Gasteiger partial charge in [0.15, 0.2) is 5.65 Å². The zero-order chi connectivity index (χ0) is 22.0. The van der Waals surface area contributed by atoms with E-state index in [-0.39, 0.29) is 18.0 Å². The standard InChI is InChI=1S/C23H23N5O3/c1-4-31-18-8-6-17(7-9-18)26-21(29)13-27-14-24-22-19(23(27)30)12-25-28(22)20-10-5-15(2)11-16(20)3/h5-12,14H,4,13H2,1-3H3,(H,26,29). The van der Waals surface area contributed by atoms with Crippen LogP contribution in [0.3, 0.4) is 0 Å². The number of rotatable bonds is 6. The molecule has 2 aromatic heterocycles. The van der Waals surface area contributed by atoms with Gasteiger partial charge in [-0.25, -0.2) is 9.67 Å². The zero-order valence-electron chi connectivity index (χ0n) is 17.6. The van der Waals surface area contributed by atoms with Crippen LogP contribution in [-0.4, -0.2) is 31.8 Å². The number of hydrogen-bond donors (Lipinski definition) is 1. The van der Waals surface area contributed by atoms with Gasteiger partial charge in [-0.05, 0) is 56.7 Å². The Hall–Kier alpha value is -3.94. The Kier molecular flexibility index (Phi) is 5.53. The third-order valence-electron chi connectivity index (χ3n) is 4.90. The molecule has 0 atom stereocenters. The Balaban J connectivity index is 1.56. The van der Waals surface area contributed by atoms with Crippen molar-refractivity contribution in [1.29, 1.82) is 0 Å². The zero-order valence-corrected chi connectivity index (χ0v) is 17.6. The summed E-state index contributed by atoms with van der Waals surface area (Å²) >= 11 is 0. The van der Waals surface area contributed by atoms with Crippen molar-refractivity contribution in [2.75, 3.05) is 11.9 Å². The second-order valence-electron chi connectivity index (χ2n) is 7.27. The molecule has 8 nitrogen and oxygen atoms in total. The molecule has 0 saturated carbocycles. The summed E-state index contributed by atoms with van der Waals surface area (Å²) in [6, 6.07) is 13.1. The van der Waals surface area contributed by atoms with E-state index in [1.54, 1.807) is 28.9 Å². The van der Waals surface area contributed by atoms with Crippen LogP contribution in [0.2, 0.25) is 0 Å². The van der Waals surface area contributed by atoms with Crippen LogP contribution in [0, 0.1) is 13.8 Å². The number of carbonyl (C=O) groups is 1. The third kappa shape index (κ3) is 4.18. The molecule has 4 aromatic rings. The van der Waals surface area contributed by atoms with Gasteiger partial charge in [-0.3, -0.25) is 14.2 Å². The van der Waals surface area contributed by atoms with Crippen molar-refractivity contribution in [2.24, 2.45) is 0 Å². The monoisotopic (exact) mass is 417 g/mol. The molecule has 0 aliphatic heterocycles. The highest BCUT2D eigenvalue weighted by Gasteiger charge is 2.14. The first-order valence-electron chi connectivity index (χ1n) is 10.00. The average molecular weight is 417 g/mol. The first-order valence-corrected chi connectivity index (χ1v) is 10.00. The van der Waals surface area contributed by atoms with E-state index in [2.05, 4.69) is 21.5 Å². The molecule has 0 radical (unpaired) electrons. The minimum absolute atomic E-state index is 0.149. The molecule has 0 aliphatic rings. The molecule has 0 spiro atoms. The van der Waals surface area contributed by atoms with Crippen molar-refractivity contribution in [3.63, 3.8) is 0 Å². The Morgan fingerprint density at radius 1 is 1.13 bits per heavy atom. The van der Waals surface area contributed by atoms with E-state index in [0.29, 0.717) is 23.3 Å². The number of carbonyl (C=O) groups excluding carboxylic acids is 1. The lowest BCUT2D eigenvalue weighted by Gasteiger charge is -2.09. The number of amides is 1. The summed E-state index contributed by atoms with van der Waals surface area (Å²) in [6.07, 6.45) is 2.87. The minimum Gasteiger partial charge on any atom is -0.494 e. The Morgan fingerprint density at radius 3 is 2.61 bits per heavy atom. The molecule has 8 heteroatoms. The van der Waals surface area contributed by atoms with Crippen LogP contribution in [0.5, 0.6) is 5.75 Å². The van der Waals surface area contributed by atoms with Gasteiger partial charge in [-0.15, -0.1) is 0 Å². The van der Waals surface area contributed by atoms with Crippen molar-refractivity contribution in [2.45, 2.75) is 27.3 Å². The summed E-state index contributed by atoms with van der Waals surface area (Å²) in [5, 5.41) is 7.49. The maximum absolute atomic E-state index is 12.9. The summed E-state index contributed by atoms with van der Waals surface area (Å²) in [6.45, 7) is 6.34. The SMILES string of the molecule is CCOc1ccc(NC(=O)Cn2cnc3c(cnn3-c3ccc(C)cc3C)c2=O)cc1. The van der Waals surface area contributed by atoms with Crippen LogP contribution in [-0.2, 0) is 11.3 Å². The third-order valence-corrected chi connectivity index (χ3v) is 4.90. The lowest BCUT2D eigenvalue weighted by atomic mass is 10.1. The number of benzene rings is 2. The van der Waals surface area contributed by atoms with Crippen molar-refractivity contribution >= 4 is 22.6 Å². The van der Waals surface area contributed by atoms with Crippen LogP contribution >= 0.6 is 0 Å². The predicted molar refractivity (Wildman–Crippen MR) is 119 cm³/mol. The Morgan fingerprint density at radius 2 is 1.90 bits per heavy atom. The molecule has 0 fully saturated rings. The van der Waals surface area contributed by atoms with Gasteiger partial charge in [0.05, 0.1) is 18.5 Å². The van der Waals surface area contributed by atoms with Gasteiger partial charge in [0.25, 0.3) is 5.56 Å². The van der Waals surface area contributed by atoms with E-state index < -0.39 is 0 Å². The molecular weight excluding hydrogens is 394 g/mol. The molecule has 158 valence electrons. The number of ether oxygens (including phenoxy) is 1. The highest BCUT2D eigenvalue weighted by Crippen LogP contribution is 2.19. The van der Waals surface area contributed by atoms with Gasteiger partial charge < -0.3 is 10.1 Å². The molecule has 2 heterocycles. The molecular formula is C23H23N5O3. The first-order chi connectivity index (χ1) is 15.0. The smallest absolute Gasteiger partial charge is 0.264 e. The van der Waals surface area contributed by atoms with Crippen LogP contribution in [0.25, 0.3) is 16.7 Å². The maximum atomic E-state index is 12.9. The largest absolute Gasteiger partial charge is 0.494 e. The quantitative estimate of drug-likeness (QED) is 0.520. The molecule has 0 aliphatic carbocycles. The topological polar surface area (TPSA) is 91.0 Å². The Labute approximate surface area is 179 Å². The van der Waals surface area contributed by atoms with Crippen molar-refractivity contribution in [3.05, 3.63) is 76.5 Å². The van der Waals surface area contributed by atoms with Crippen LogP contribution in [0.4, 0.5) is 5.69 Å². The van der Waals surface area contributed by atoms with E-state index >= 15 is 0 Å². The van der Waals surface area contributed by atoms with Gasteiger partial charge in [0.2, 0.25) is 5.91 Å².